The predicted molar refractivity (Wildman–Crippen MR) is 107 cm³/mol. The van der Waals surface area contributed by atoms with Crippen molar-refractivity contribution in [3.63, 3.8) is 0 Å². The van der Waals surface area contributed by atoms with Crippen LogP contribution in [0.25, 0.3) is 11.5 Å². The minimum atomic E-state index is -4.87. The first-order chi connectivity index (χ1) is 14.8. The highest BCUT2D eigenvalue weighted by molar-refractivity contribution is 6.04. The summed E-state index contributed by atoms with van der Waals surface area (Å²) in [7, 11) is 1.66. The number of halogens is 3. The first-order valence-corrected chi connectivity index (χ1v) is 9.53. The van der Waals surface area contributed by atoms with Crippen molar-refractivity contribution in [1.82, 2.24) is 9.97 Å². The molecule has 7 nitrogen and oxygen atoms in total. The Hall–Kier alpha value is -3.40. The molecule has 0 radical (unpaired) electrons. The van der Waals surface area contributed by atoms with Crippen molar-refractivity contribution >= 4 is 17.4 Å². The maximum atomic E-state index is 13.4. The molecule has 1 aromatic carbocycles. The number of oxazole rings is 1. The lowest BCUT2D eigenvalue weighted by molar-refractivity contribution is -0.153. The second kappa shape index (κ2) is 8.38. The zero-order valence-electron chi connectivity index (χ0n) is 16.5. The maximum Gasteiger partial charge on any atom is 0.452 e. The molecule has 3 aromatic rings. The molecule has 1 N–H and O–H groups in total. The van der Waals surface area contributed by atoms with Gasteiger partial charge in [-0.2, -0.15) is 13.2 Å². The number of hydrogen-bond acceptors (Lipinski definition) is 6. The van der Waals surface area contributed by atoms with Crippen LogP contribution in [0.15, 0.2) is 53.1 Å². The standard InChI is InChI=1S/C21H19F3N4O3/c1-30-15-9-10-28(12-15)16-8-7-14(11-25-16)26-19(29)17-18(21(22,23)24)31-20(27-17)13-5-3-2-4-6-13/h2-8,11,15H,9-10,12H2,1H3,(H,26,29)/t15-/m0/s1. The van der Waals surface area contributed by atoms with E-state index in [1.54, 1.807) is 49.6 Å². The number of carbonyl (C=O) groups is 1. The van der Waals surface area contributed by atoms with Gasteiger partial charge in [0.25, 0.3) is 5.91 Å². The minimum Gasteiger partial charge on any atom is -0.431 e. The number of anilines is 2. The Bertz CT molecular complexity index is 1050. The zero-order chi connectivity index (χ0) is 22.0. The van der Waals surface area contributed by atoms with Gasteiger partial charge in [-0.25, -0.2) is 9.97 Å². The fourth-order valence-corrected chi connectivity index (χ4v) is 3.34. The van der Waals surface area contributed by atoms with E-state index in [0.29, 0.717) is 17.9 Å². The molecule has 0 unspecified atom stereocenters. The number of nitrogens with zero attached hydrogens (tertiary/aromatic N) is 3. The number of carbonyl (C=O) groups excluding carboxylic acids is 1. The van der Waals surface area contributed by atoms with E-state index in [2.05, 4.69) is 15.3 Å². The van der Waals surface area contributed by atoms with Crippen molar-refractivity contribution in [2.45, 2.75) is 18.7 Å². The molecule has 0 bridgehead atoms. The summed E-state index contributed by atoms with van der Waals surface area (Å²) in [5.41, 5.74) is -0.260. The summed E-state index contributed by atoms with van der Waals surface area (Å²) in [5.74, 6) is -2.07. The third kappa shape index (κ3) is 4.53. The van der Waals surface area contributed by atoms with Crippen molar-refractivity contribution in [2.75, 3.05) is 30.4 Å². The summed E-state index contributed by atoms with van der Waals surface area (Å²) < 4.78 is 50.5. The zero-order valence-corrected chi connectivity index (χ0v) is 16.5. The molecule has 1 atom stereocenters. The molecule has 0 saturated carbocycles. The van der Waals surface area contributed by atoms with Gasteiger partial charge in [-0.3, -0.25) is 4.79 Å². The van der Waals surface area contributed by atoms with Gasteiger partial charge in [0.1, 0.15) is 5.82 Å². The fraction of sp³-hybridized carbons (Fsp3) is 0.286. The number of ether oxygens (including phenoxy) is 1. The van der Waals surface area contributed by atoms with Crippen LogP contribution in [0.1, 0.15) is 22.7 Å². The quantitative estimate of drug-likeness (QED) is 0.650. The Morgan fingerprint density at radius 1 is 1.23 bits per heavy atom. The van der Waals surface area contributed by atoms with E-state index in [1.165, 1.54) is 6.20 Å². The van der Waals surface area contributed by atoms with Gasteiger partial charge in [0.2, 0.25) is 11.7 Å². The molecule has 10 heteroatoms. The molecule has 2 aromatic heterocycles. The molecule has 0 aliphatic carbocycles. The van der Waals surface area contributed by atoms with E-state index in [0.717, 1.165) is 13.0 Å². The Morgan fingerprint density at radius 3 is 2.61 bits per heavy atom. The van der Waals surface area contributed by atoms with E-state index in [1.807, 2.05) is 4.90 Å². The lowest BCUT2D eigenvalue weighted by atomic mass is 10.2. The van der Waals surface area contributed by atoms with Crippen LogP contribution >= 0.6 is 0 Å². The van der Waals surface area contributed by atoms with Crippen molar-refractivity contribution in [1.29, 1.82) is 0 Å². The number of rotatable bonds is 5. The molecule has 1 saturated heterocycles. The van der Waals surface area contributed by atoms with Crippen molar-refractivity contribution in [3.8, 4) is 11.5 Å². The molecular weight excluding hydrogens is 413 g/mol. The van der Waals surface area contributed by atoms with Crippen LogP contribution in [0.3, 0.4) is 0 Å². The average Bonchev–Trinajstić information content (AvgIpc) is 3.42. The first-order valence-electron chi connectivity index (χ1n) is 9.53. The van der Waals surface area contributed by atoms with Gasteiger partial charge in [-0.1, -0.05) is 18.2 Å². The second-order valence-electron chi connectivity index (χ2n) is 7.01. The molecule has 1 amide bonds. The third-order valence-electron chi connectivity index (χ3n) is 4.93. The van der Waals surface area contributed by atoms with E-state index < -0.39 is 23.5 Å². The normalized spacial score (nSPS) is 16.5. The van der Waals surface area contributed by atoms with Gasteiger partial charge in [0.15, 0.2) is 5.69 Å². The minimum absolute atomic E-state index is 0.132. The summed E-state index contributed by atoms with van der Waals surface area (Å²) in [6, 6.07) is 11.3. The molecular formula is C21H19F3N4O3. The lowest BCUT2D eigenvalue weighted by Gasteiger charge is -2.17. The predicted octanol–water partition coefficient (Wildman–Crippen LogP) is 4.23. The molecule has 162 valence electrons. The highest BCUT2D eigenvalue weighted by Crippen LogP contribution is 2.35. The molecule has 1 aliphatic heterocycles. The second-order valence-corrected chi connectivity index (χ2v) is 7.01. The lowest BCUT2D eigenvalue weighted by Crippen LogP contribution is -2.23. The molecule has 3 heterocycles. The van der Waals surface area contributed by atoms with Gasteiger partial charge in [0.05, 0.1) is 18.0 Å². The van der Waals surface area contributed by atoms with Crippen LogP contribution in [-0.2, 0) is 10.9 Å². The van der Waals surface area contributed by atoms with E-state index in [-0.39, 0.29) is 17.7 Å². The van der Waals surface area contributed by atoms with Crippen molar-refractivity contribution in [3.05, 3.63) is 60.1 Å². The summed E-state index contributed by atoms with van der Waals surface area (Å²) in [6.07, 6.45) is -2.47. The Labute approximate surface area is 175 Å². The monoisotopic (exact) mass is 432 g/mol. The molecule has 1 aliphatic rings. The largest absolute Gasteiger partial charge is 0.452 e. The molecule has 0 spiro atoms. The highest BCUT2D eigenvalue weighted by atomic mass is 19.4. The van der Waals surface area contributed by atoms with Gasteiger partial charge < -0.3 is 19.4 Å². The van der Waals surface area contributed by atoms with Crippen molar-refractivity contribution < 1.29 is 27.1 Å². The van der Waals surface area contributed by atoms with Crippen LogP contribution in [0.5, 0.6) is 0 Å². The number of methoxy groups -OCH3 is 1. The topological polar surface area (TPSA) is 80.5 Å². The maximum absolute atomic E-state index is 13.4. The van der Waals surface area contributed by atoms with Crippen LogP contribution in [0.4, 0.5) is 24.7 Å². The third-order valence-corrected chi connectivity index (χ3v) is 4.93. The molecule has 31 heavy (non-hydrogen) atoms. The Morgan fingerprint density at radius 2 is 2.00 bits per heavy atom. The van der Waals surface area contributed by atoms with Crippen LogP contribution in [0.2, 0.25) is 0 Å². The van der Waals surface area contributed by atoms with E-state index >= 15 is 0 Å². The number of hydrogen-bond donors (Lipinski definition) is 1. The molecule has 1 fully saturated rings. The van der Waals surface area contributed by atoms with Gasteiger partial charge in [-0.15, -0.1) is 0 Å². The summed E-state index contributed by atoms with van der Waals surface area (Å²) >= 11 is 0. The van der Waals surface area contributed by atoms with Crippen LogP contribution in [-0.4, -0.2) is 42.2 Å². The number of aromatic nitrogens is 2. The van der Waals surface area contributed by atoms with Gasteiger partial charge in [-0.05, 0) is 30.7 Å². The fourth-order valence-electron chi connectivity index (χ4n) is 3.34. The smallest absolute Gasteiger partial charge is 0.431 e. The van der Waals surface area contributed by atoms with Crippen LogP contribution < -0.4 is 10.2 Å². The average molecular weight is 432 g/mol. The van der Waals surface area contributed by atoms with Crippen LogP contribution in [0, 0.1) is 0 Å². The number of benzene rings is 1. The summed E-state index contributed by atoms with van der Waals surface area (Å²) in [4.78, 5) is 22.7. The Balaban J connectivity index is 1.53. The highest BCUT2D eigenvalue weighted by Gasteiger charge is 2.42. The molecule has 4 rings (SSSR count). The first kappa shape index (κ1) is 20.9. The van der Waals surface area contributed by atoms with E-state index in [9.17, 15) is 18.0 Å². The van der Waals surface area contributed by atoms with E-state index in [4.69, 9.17) is 9.15 Å². The Kier molecular flexibility index (Phi) is 5.64. The number of alkyl halides is 3. The SMILES string of the molecule is CO[C@H]1CCN(c2ccc(NC(=O)c3nc(-c4ccccc4)oc3C(F)(F)F)cn2)C1. The van der Waals surface area contributed by atoms with Crippen molar-refractivity contribution in [2.24, 2.45) is 0 Å². The summed E-state index contributed by atoms with van der Waals surface area (Å²) in [5, 5.41) is 2.41. The van der Waals surface area contributed by atoms with Gasteiger partial charge >= 0.3 is 6.18 Å². The van der Waals surface area contributed by atoms with Gasteiger partial charge in [0, 0.05) is 25.8 Å². The summed E-state index contributed by atoms with van der Waals surface area (Å²) in [6.45, 7) is 1.48. The number of amides is 1. The number of pyridine rings is 1. The number of nitrogens with one attached hydrogen (secondary N) is 1.